The van der Waals surface area contributed by atoms with Gasteiger partial charge in [0.2, 0.25) is 5.91 Å². The molecule has 2 aromatic rings. The molecule has 0 bridgehead atoms. The van der Waals surface area contributed by atoms with Gasteiger partial charge in [0, 0.05) is 25.0 Å². The van der Waals surface area contributed by atoms with Crippen LogP contribution in [0.15, 0.2) is 36.4 Å². The van der Waals surface area contributed by atoms with Gasteiger partial charge in [0.05, 0.1) is 27.4 Å². The molecule has 0 spiro atoms. The first-order chi connectivity index (χ1) is 15.0. The molecular weight excluding hydrogens is 392 g/mol. The van der Waals surface area contributed by atoms with Gasteiger partial charge in [-0.2, -0.15) is 0 Å². The van der Waals surface area contributed by atoms with Gasteiger partial charge in [0.15, 0.2) is 11.5 Å². The number of benzene rings is 2. The van der Waals surface area contributed by atoms with E-state index in [4.69, 9.17) is 14.2 Å². The molecule has 1 heterocycles. The quantitative estimate of drug-likeness (QED) is 0.700. The third-order valence-corrected chi connectivity index (χ3v) is 6.34. The van der Waals surface area contributed by atoms with E-state index in [1.165, 1.54) is 16.7 Å². The minimum absolute atomic E-state index is 0.0316. The van der Waals surface area contributed by atoms with Crippen LogP contribution in [0.5, 0.6) is 17.2 Å². The van der Waals surface area contributed by atoms with Crippen molar-refractivity contribution in [3.8, 4) is 17.2 Å². The standard InChI is InChI=1S/C25H32N2O4/c1-16(26-25(28)18-8-9-18)24-21-14-23(31-4)22(30-3)13-19(21)10-11-27(24)15-17-6-5-7-20(12-17)29-2/h5-7,12-14,16,18,24H,8-11,15H2,1-4H3,(H,26,28)/t16-,24-/m0/s1. The summed E-state index contributed by atoms with van der Waals surface area (Å²) < 4.78 is 16.5. The number of nitrogens with zero attached hydrogens (tertiary/aromatic N) is 1. The van der Waals surface area contributed by atoms with E-state index < -0.39 is 0 Å². The molecule has 31 heavy (non-hydrogen) atoms. The Labute approximate surface area is 184 Å². The molecule has 0 unspecified atom stereocenters. The Balaban J connectivity index is 1.67. The van der Waals surface area contributed by atoms with Crippen molar-refractivity contribution in [1.29, 1.82) is 0 Å². The van der Waals surface area contributed by atoms with Gasteiger partial charge >= 0.3 is 0 Å². The van der Waals surface area contributed by atoms with Crippen LogP contribution in [0.3, 0.4) is 0 Å². The van der Waals surface area contributed by atoms with Crippen LogP contribution in [0.4, 0.5) is 0 Å². The van der Waals surface area contributed by atoms with Crippen molar-refractivity contribution < 1.29 is 19.0 Å². The van der Waals surface area contributed by atoms with Crippen LogP contribution in [0, 0.1) is 5.92 Å². The number of fused-ring (bicyclic) bond motifs is 1. The van der Waals surface area contributed by atoms with Crippen LogP contribution < -0.4 is 19.5 Å². The molecule has 0 saturated heterocycles. The first kappa shape index (κ1) is 21.5. The highest BCUT2D eigenvalue weighted by atomic mass is 16.5. The van der Waals surface area contributed by atoms with Gasteiger partial charge in [-0.3, -0.25) is 9.69 Å². The van der Waals surface area contributed by atoms with Crippen molar-refractivity contribution in [3.63, 3.8) is 0 Å². The maximum atomic E-state index is 12.6. The molecule has 6 nitrogen and oxygen atoms in total. The van der Waals surface area contributed by atoms with Gasteiger partial charge in [-0.15, -0.1) is 0 Å². The summed E-state index contributed by atoms with van der Waals surface area (Å²) in [4.78, 5) is 15.0. The molecule has 2 atom stereocenters. The lowest BCUT2D eigenvalue weighted by Gasteiger charge is -2.41. The lowest BCUT2D eigenvalue weighted by Crippen LogP contribution is -2.47. The number of methoxy groups -OCH3 is 3. The van der Waals surface area contributed by atoms with Crippen LogP contribution in [-0.4, -0.2) is 44.7 Å². The second-order valence-corrected chi connectivity index (χ2v) is 8.49. The van der Waals surface area contributed by atoms with Crippen molar-refractivity contribution in [2.24, 2.45) is 5.92 Å². The Morgan fingerprint density at radius 1 is 1.10 bits per heavy atom. The molecule has 166 valence electrons. The largest absolute Gasteiger partial charge is 0.497 e. The maximum absolute atomic E-state index is 12.6. The van der Waals surface area contributed by atoms with Crippen molar-refractivity contribution in [1.82, 2.24) is 10.2 Å². The van der Waals surface area contributed by atoms with Crippen molar-refractivity contribution in [2.75, 3.05) is 27.9 Å². The molecule has 0 radical (unpaired) electrons. The Morgan fingerprint density at radius 2 is 1.84 bits per heavy atom. The number of hydrogen-bond acceptors (Lipinski definition) is 5. The Kier molecular flexibility index (Phi) is 6.37. The van der Waals surface area contributed by atoms with Crippen molar-refractivity contribution in [2.45, 2.75) is 44.8 Å². The fraction of sp³-hybridized carbons (Fsp3) is 0.480. The molecule has 1 aliphatic carbocycles. The summed E-state index contributed by atoms with van der Waals surface area (Å²) in [6.07, 6.45) is 2.91. The molecule has 2 aromatic carbocycles. The number of carbonyl (C=O) groups excluding carboxylic acids is 1. The number of carbonyl (C=O) groups is 1. The van der Waals surface area contributed by atoms with Crippen LogP contribution in [-0.2, 0) is 17.8 Å². The molecule has 1 amide bonds. The van der Waals surface area contributed by atoms with Crippen LogP contribution >= 0.6 is 0 Å². The predicted octanol–water partition coefficient (Wildman–Crippen LogP) is 3.73. The van der Waals surface area contributed by atoms with Crippen molar-refractivity contribution >= 4 is 5.91 Å². The summed E-state index contributed by atoms with van der Waals surface area (Å²) in [6.45, 7) is 3.78. The fourth-order valence-corrected chi connectivity index (χ4v) is 4.56. The van der Waals surface area contributed by atoms with E-state index in [0.29, 0.717) is 0 Å². The number of amides is 1. The summed E-state index contributed by atoms with van der Waals surface area (Å²) >= 11 is 0. The van der Waals surface area contributed by atoms with Gasteiger partial charge in [-0.25, -0.2) is 0 Å². The van der Waals surface area contributed by atoms with Crippen LogP contribution in [0.2, 0.25) is 0 Å². The summed E-state index contributed by atoms with van der Waals surface area (Å²) in [5, 5.41) is 3.28. The second kappa shape index (κ2) is 9.18. The van der Waals surface area contributed by atoms with Crippen molar-refractivity contribution in [3.05, 3.63) is 53.1 Å². The molecule has 4 rings (SSSR count). The van der Waals surface area contributed by atoms with Gasteiger partial charge in [-0.05, 0) is 67.1 Å². The maximum Gasteiger partial charge on any atom is 0.223 e. The summed E-state index contributed by atoms with van der Waals surface area (Å²) in [5.41, 5.74) is 3.63. The minimum atomic E-state index is -0.0316. The number of rotatable bonds is 8. The molecule has 1 aliphatic heterocycles. The normalized spacial score (nSPS) is 19.3. The predicted molar refractivity (Wildman–Crippen MR) is 120 cm³/mol. The molecule has 1 saturated carbocycles. The van der Waals surface area contributed by atoms with Crippen LogP contribution in [0.25, 0.3) is 0 Å². The third-order valence-electron chi connectivity index (χ3n) is 6.34. The summed E-state index contributed by atoms with van der Waals surface area (Å²) in [6, 6.07) is 12.4. The number of ether oxygens (including phenoxy) is 3. The second-order valence-electron chi connectivity index (χ2n) is 8.49. The average molecular weight is 425 g/mol. The van der Waals surface area contributed by atoms with E-state index in [1.807, 2.05) is 12.1 Å². The zero-order valence-electron chi connectivity index (χ0n) is 18.8. The van der Waals surface area contributed by atoms with Gasteiger partial charge < -0.3 is 19.5 Å². The first-order valence-electron chi connectivity index (χ1n) is 11.0. The average Bonchev–Trinajstić information content (AvgIpc) is 3.63. The lowest BCUT2D eigenvalue weighted by molar-refractivity contribution is -0.123. The van der Waals surface area contributed by atoms with E-state index in [1.54, 1.807) is 21.3 Å². The molecule has 2 aliphatic rings. The monoisotopic (exact) mass is 424 g/mol. The van der Waals surface area contributed by atoms with Crippen LogP contribution in [0.1, 0.15) is 42.5 Å². The van der Waals surface area contributed by atoms with E-state index in [9.17, 15) is 4.79 Å². The highest BCUT2D eigenvalue weighted by Gasteiger charge is 2.36. The zero-order valence-corrected chi connectivity index (χ0v) is 18.8. The SMILES string of the molecule is COc1cccc(CN2CCc3cc(OC)c(OC)cc3[C@@H]2[C@H](C)NC(=O)C2CC2)c1. The number of hydrogen-bond donors (Lipinski definition) is 1. The lowest BCUT2D eigenvalue weighted by atomic mass is 9.87. The topological polar surface area (TPSA) is 60.0 Å². The first-order valence-corrected chi connectivity index (χ1v) is 11.0. The smallest absolute Gasteiger partial charge is 0.223 e. The molecular formula is C25H32N2O4. The third kappa shape index (κ3) is 4.64. The molecule has 6 heteroatoms. The summed E-state index contributed by atoms with van der Waals surface area (Å²) in [5.74, 6) is 2.67. The highest BCUT2D eigenvalue weighted by Crippen LogP contribution is 2.40. The highest BCUT2D eigenvalue weighted by molar-refractivity contribution is 5.81. The number of nitrogens with one attached hydrogen (secondary N) is 1. The van der Waals surface area contributed by atoms with Gasteiger partial charge in [-0.1, -0.05) is 12.1 Å². The minimum Gasteiger partial charge on any atom is -0.497 e. The van der Waals surface area contributed by atoms with E-state index in [-0.39, 0.29) is 23.9 Å². The van der Waals surface area contributed by atoms with Gasteiger partial charge in [0.25, 0.3) is 0 Å². The Morgan fingerprint density at radius 3 is 2.52 bits per heavy atom. The van der Waals surface area contributed by atoms with E-state index >= 15 is 0 Å². The fourth-order valence-electron chi connectivity index (χ4n) is 4.56. The molecule has 0 aromatic heterocycles. The van der Waals surface area contributed by atoms with Gasteiger partial charge in [0.1, 0.15) is 5.75 Å². The molecule has 1 N–H and O–H groups in total. The van der Waals surface area contributed by atoms with E-state index in [0.717, 1.165) is 49.6 Å². The Hall–Kier alpha value is -2.73. The zero-order chi connectivity index (χ0) is 22.0. The molecule has 1 fully saturated rings. The Bertz CT molecular complexity index is 941. The summed E-state index contributed by atoms with van der Waals surface area (Å²) in [7, 11) is 5.01. The van der Waals surface area contributed by atoms with E-state index in [2.05, 4.69) is 41.4 Å².